The van der Waals surface area contributed by atoms with Crippen LogP contribution in [0, 0.1) is 0 Å². The van der Waals surface area contributed by atoms with Crippen LogP contribution in [-0.4, -0.2) is 56.1 Å². The number of piperidine rings is 1. The van der Waals surface area contributed by atoms with Gasteiger partial charge < -0.3 is 15.3 Å². The average molecular weight is 349 g/mol. The second kappa shape index (κ2) is 8.31. The highest BCUT2D eigenvalue weighted by atomic mass is 16.4. The first kappa shape index (κ1) is 17.7. The van der Waals surface area contributed by atoms with Gasteiger partial charge in [0.25, 0.3) is 0 Å². The van der Waals surface area contributed by atoms with Gasteiger partial charge in [-0.05, 0) is 25.7 Å². The quantitative estimate of drug-likeness (QED) is 0.846. The predicted octanol–water partition coefficient (Wildman–Crippen LogP) is 1.97. The number of nitrogens with one attached hydrogen (secondary N) is 1. The van der Waals surface area contributed by atoms with Gasteiger partial charge in [-0.2, -0.15) is 0 Å². The number of likely N-dealkylation sites (tertiary alicyclic amines) is 1. The van der Waals surface area contributed by atoms with Crippen LogP contribution in [0.5, 0.6) is 0 Å². The highest BCUT2D eigenvalue weighted by Gasteiger charge is 2.26. The summed E-state index contributed by atoms with van der Waals surface area (Å²) in [5.74, 6) is -0.827. The van der Waals surface area contributed by atoms with Crippen LogP contribution in [0.1, 0.15) is 63.1 Å². The molecular formula is C17H27N5O3. The molecule has 0 unspecified atom stereocenters. The molecule has 3 rings (SSSR count). The van der Waals surface area contributed by atoms with Crippen molar-refractivity contribution in [1.29, 1.82) is 0 Å². The van der Waals surface area contributed by atoms with E-state index in [2.05, 4.69) is 15.6 Å². The van der Waals surface area contributed by atoms with Gasteiger partial charge in [0, 0.05) is 31.7 Å². The van der Waals surface area contributed by atoms with Crippen LogP contribution >= 0.6 is 0 Å². The molecule has 1 saturated heterocycles. The number of nitrogens with zero attached hydrogens (tertiary/aromatic N) is 4. The largest absolute Gasteiger partial charge is 0.481 e. The Hall–Kier alpha value is -2.12. The number of carboxylic acids is 1. The smallest absolute Gasteiger partial charge is 0.317 e. The summed E-state index contributed by atoms with van der Waals surface area (Å²) in [5.41, 5.74) is 0.708. The van der Waals surface area contributed by atoms with Crippen molar-refractivity contribution in [2.45, 2.75) is 69.9 Å². The minimum atomic E-state index is -0.827. The summed E-state index contributed by atoms with van der Waals surface area (Å²) >= 11 is 0. The fraction of sp³-hybridized carbons (Fsp3) is 0.765. The highest BCUT2D eigenvalue weighted by Crippen LogP contribution is 2.23. The maximum absolute atomic E-state index is 12.4. The molecule has 0 bridgehead atoms. The van der Waals surface area contributed by atoms with Gasteiger partial charge in [0.2, 0.25) is 0 Å². The fourth-order valence-corrected chi connectivity index (χ4v) is 3.69. The third-order valence-electron chi connectivity index (χ3n) is 5.21. The number of rotatable bonds is 5. The molecule has 2 N–H and O–H groups in total. The van der Waals surface area contributed by atoms with Crippen LogP contribution in [-0.2, 0) is 11.2 Å². The second-order valence-corrected chi connectivity index (χ2v) is 7.09. The van der Waals surface area contributed by atoms with Crippen LogP contribution in [0.3, 0.4) is 0 Å². The fourth-order valence-electron chi connectivity index (χ4n) is 3.69. The van der Waals surface area contributed by atoms with Crippen molar-refractivity contribution in [3.05, 3.63) is 11.9 Å². The van der Waals surface area contributed by atoms with Gasteiger partial charge in [-0.25, -0.2) is 9.48 Å². The molecule has 2 heterocycles. The van der Waals surface area contributed by atoms with E-state index in [1.54, 1.807) is 0 Å². The first-order chi connectivity index (χ1) is 12.1. The Labute approximate surface area is 147 Å². The summed E-state index contributed by atoms with van der Waals surface area (Å²) in [5, 5.41) is 20.1. The van der Waals surface area contributed by atoms with E-state index in [4.69, 9.17) is 5.11 Å². The van der Waals surface area contributed by atoms with Crippen LogP contribution in [0.4, 0.5) is 4.79 Å². The summed E-state index contributed by atoms with van der Waals surface area (Å²) in [6, 6.07) is 0.627. The van der Waals surface area contributed by atoms with Crippen molar-refractivity contribution < 1.29 is 14.7 Å². The lowest BCUT2D eigenvalue weighted by Gasteiger charge is -2.33. The van der Waals surface area contributed by atoms with Crippen molar-refractivity contribution >= 4 is 12.0 Å². The van der Waals surface area contributed by atoms with E-state index in [0.717, 1.165) is 25.7 Å². The number of hydrogen-bond acceptors (Lipinski definition) is 4. The van der Waals surface area contributed by atoms with Crippen molar-refractivity contribution in [1.82, 2.24) is 25.2 Å². The number of carboxylic acid groups (broad SMARTS) is 1. The third-order valence-corrected chi connectivity index (χ3v) is 5.21. The van der Waals surface area contributed by atoms with E-state index in [-0.39, 0.29) is 18.5 Å². The monoisotopic (exact) mass is 349 g/mol. The molecule has 2 amide bonds. The molecule has 138 valence electrons. The Kier molecular flexibility index (Phi) is 5.88. The lowest BCUT2D eigenvalue weighted by Crippen LogP contribution is -2.48. The number of aliphatic carboxylic acids is 1. The molecule has 1 saturated carbocycles. The highest BCUT2D eigenvalue weighted by molar-refractivity contribution is 5.74. The second-order valence-electron chi connectivity index (χ2n) is 7.09. The molecule has 25 heavy (non-hydrogen) atoms. The minimum absolute atomic E-state index is 0.0612. The van der Waals surface area contributed by atoms with E-state index in [1.165, 1.54) is 19.3 Å². The van der Waals surface area contributed by atoms with Gasteiger partial charge in [0.05, 0.1) is 18.2 Å². The lowest BCUT2D eigenvalue weighted by molar-refractivity contribution is -0.136. The van der Waals surface area contributed by atoms with E-state index in [1.807, 2.05) is 15.8 Å². The third kappa shape index (κ3) is 4.93. The molecule has 0 aromatic carbocycles. The van der Waals surface area contributed by atoms with Crippen LogP contribution in [0.25, 0.3) is 0 Å². The lowest BCUT2D eigenvalue weighted by atomic mass is 9.95. The predicted molar refractivity (Wildman–Crippen MR) is 91.2 cm³/mol. The first-order valence-electron chi connectivity index (χ1n) is 9.30. The van der Waals surface area contributed by atoms with Gasteiger partial charge in [-0.15, -0.1) is 5.10 Å². The summed E-state index contributed by atoms with van der Waals surface area (Å²) in [6.45, 7) is 1.43. The number of amides is 2. The van der Waals surface area contributed by atoms with Crippen molar-refractivity contribution in [3.63, 3.8) is 0 Å². The van der Waals surface area contributed by atoms with E-state index >= 15 is 0 Å². The SMILES string of the molecule is O=C(O)CCc1cn(C2CCN(C(=O)NC3CCCCC3)CC2)nn1. The molecule has 0 spiro atoms. The molecular weight excluding hydrogens is 322 g/mol. The molecule has 2 aliphatic rings. The number of aryl methyl sites for hydroxylation is 1. The molecule has 0 atom stereocenters. The molecule has 1 aromatic heterocycles. The Balaban J connectivity index is 1.45. The van der Waals surface area contributed by atoms with E-state index < -0.39 is 5.97 Å². The first-order valence-corrected chi connectivity index (χ1v) is 9.30. The summed E-state index contributed by atoms with van der Waals surface area (Å²) in [6.07, 6.45) is 9.90. The number of carbonyl (C=O) groups is 2. The topological polar surface area (TPSA) is 100 Å². The Bertz CT molecular complexity index is 589. The molecule has 1 aliphatic carbocycles. The standard InChI is InChI=1S/C17H27N5O3/c23-16(24)7-6-14-12-22(20-19-14)15-8-10-21(11-9-15)17(25)18-13-4-2-1-3-5-13/h12-13,15H,1-11H2,(H,18,25)(H,23,24). The number of carbonyl (C=O) groups excluding carboxylic acids is 1. The number of hydrogen-bond donors (Lipinski definition) is 2. The van der Waals surface area contributed by atoms with Crippen molar-refractivity contribution in [2.24, 2.45) is 0 Å². The average Bonchev–Trinajstić information content (AvgIpc) is 3.10. The van der Waals surface area contributed by atoms with E-state index in [9.17, 15) is 9.59 Å². The van der Waals surface area contributed by atoms with Crippen LogP contribution in [0.15, 0.2) is 6.20 Å². The summed E-state index contributed by atoms with van der Waals surface area (Å²) in [7, 11) is 0. The Morgan fingerprint density at radius 3 is 2.56 bits per heavy atom. The molecule has 1 aromatic rings. The van der Waals surface area contributed by atoms with Gasteiger partial charge in [0.1, 0.15) is 0 Å². The molecule has 8 heteroatoms. The van der Waals surface area contributed by atoms with Crippen molar-refractivity contribution in [2.75, 3.05) is 13.1 Å². The zero-order valence-electron chi connectivity index (χ0n) is 14.6. The zero-order valence-corrected chi connectivity index (χ0v) is 14.6. The number of aromatic nitrogens is 3. The van der Waals surface area contributed by atoms with Gasteiger partial charge in [-0.3, -0.25) is 4.79 Å². The van der Waals surface area contributed by atoms with Crippen molar-refractivity contribution in [3.8, 4) is 0 Å². The Morgan fingerprint density at radius 2 is 1.88 bits per heavy atom. The van der Waals surface area contributed by atoms with Gasteiger partial charge >= 0.3 is 12.0 Å². The minimum Gasteiger partial charge on any atom is -0.481 e. The van der Waals surface area contributed by atoms with Crippen LogP contribution < -0.4 is 5.32 Å². The van der Waals surface area contributed by atoms with Gasteiger partial charge in [0.15, 0.2) is 0 Å². The summed E-state index contributed by atoms with van der Waals surface area (Å²) < 4.78 is 1.83. The van der Waals surface area contributed by atoms with Gasteiger partial charge in [-0.1, -0.05) is 24.5 Å². The Morgan fingerprint density at radius 1 is 1.16 bits per heavy atom. The molecule has 0 radical (unpaired) electrons. The van der Waals surface area contributed by atoms with Crippen LogP contribution in [0.2, 0.25) is 0 Å². The summed E-state index contributed by atoms with van der Waals surface area (Å²) in [4.78, 5) is 24.9. The van der Waals surface area contributed by atoms with E-state index in [0.29, 0.717) is 31.2 Å². The zero-order chi connectivity index (χ0) is 17.6. The maximum atomic E-state index is 12.4. The molecule has 1 aliphatic heterocycles. The molecule has 2 fully saturated rings. The molecule has 8 nitrogen and oxygen atoms in total. The number of urea groups is 1. The normalized spacial score (nSPS) is 19.8. The maximum Gasteiger partial charge on any atom is 0.317 e.